The van der Waals surface area contributed by atoms with Crippen molar-refractivity contribution in [3.05, 3.63) is 102 Å². The molecule has 0 atom stereocenters. The van der Waals surface area contributed by atoms with E-state index in [1.807, 2.05) is 66.0 Å². The predicted molar refractivity (Wildman–Crippen MR) is 102 cm³/mol. The van der Waals surface area contributed by atoms with Crippen LogP contribution in [0.4, 0.5) is 5.69 Å². The van der Waals surface area contributed by atoms with Gasteiger partial charge in [-0.05, 0) is 25.1 Å². The van der Waals surface area contributed by atoms with Gasteiger partial charge in [0, 0.05) is 16.8 Å². The number of nitrogens with one attached hydrogen (secondary N) is 1. The zero-order chi connectivity index (χ0) is 17.1. The molecule has 0 spiro atoms. The first kappa shape index (κ1) is 15.1. The van der Waals surface area contributed by atoms with Gasteiger partial charge in [-0.1, -0.05) is 60.7 Å². The highest BCUT2D eigenvalue weighted by Gasteiger charge is 2.08. The second-order valence-corrected chi connectivity index (χ2v) is 5.82. The summed E-state index contributed by atoms with van der Waals surface area (Å²) in [5.41, 5.74) is 9.27. The van der Waals surface area contributed by atoms with Crippen molar-refractivity contribution in [2.24, 2.45) is 5.10 Å². The molecule has 0 saturated heterocycles. The van der Waals surface area contributed by atoms with Gasteiger partial charge in [-0.25, -0.2) is 4.52 Å². The largest absolute Gasteiger partial charge is 0.276 e. The van der Waals surface area contributed by atoms with Crippen LogP contribution in [0.5, 0.6) is 0 Å². The molecule has 4 rings (SSSR count). The summed E-state index contributed by atoms with van der Waals surface area (Å²) in [7, 11) is 0. The fourth-order valence-corrected chi connectivity index (χ4v) is 2.85. The Kier molecular flexibility index (Phi) is 4.01. The third kappa shape index (κ3) is 3.02. The molecule has 4 aromatic rings. The predicted octanol–water partition coefficient (Wildman–Crippen LogP) is 4.51. The topological polar surface area (TPSA) is 41.7 Å². The molecule has 0 aliphatic heterocycles. The van der Waals surface area contributed by atoms with Gasteiger partial charge in [0.25, 0.3) is 0 Å². The van der Waals surface area contributed by atoms with Crippen LogP contribution < -0.4 is 5.43 Å². The van der Waals surface area contributed by atoms with Crippen LogP contribution in [-0.4, -0.2) is 15.3 Å². The van der Waals surface area contributed by atoms with Crippen molar-refractivity contribution >= 4 is 16.9 Å². The van der Waals surface area contributed by atoms with E-state index < -0.39 is 0 Å². The summed E-state index contributed by atoms with van der Waals surface area (Å²) >= 11 is 0. The maximum Gasteiger partial charge on any atom is 0.0977 e. The molecule has 0 unspecified atom stereocenters. The Balaban J connectivity index is 1.77. The van der Waals surface area contributed by atoms with Crippen LogP contribution in [0.25, 0.3) is 5.52 Å². The first-order valence-electron chi connectivity index (χ1n) is 8.21. The van der Waals surface area contributed by atoms with E-state index in [1.165, 1.54) is 0 Å². The van der Waals surface area contributed by atoms with Crippen molar-refractivity contribution in [3.8, 4) is 0 Å². The van der Waals surface area contributed by atoms with Crippen LogP contribution in [0.2, 0.25) is 0 Å². The molecule has 122 valence electrons. The molecule has 25 heavy (non-hydrogen) atoms. The van der Waals surface area contributed by atoms with E-state index >= 15 is 0 Å². The number of aryl methyl sites for hydroxylation is 1. The van der Waals surface area contributed by atoms with Crippen LogP contribution >= 0.6 is 0 Å². The number of anilines is 1. The second-order valence-electron chi connectivity index (χ2n) is 5.82. The van der Waals surface area contributed by atoms with Crippen molar-refractivity contribution in [2.45, 2.75) is 6.92 Å². The Labute approximate surface area is 146 Å². The summed E-state index contributed by atoms with van der Waals surface area (Å²) in [5, 5.41) is 9.07. The molecule has 0 aliphatic rings. The molecule has 0 saturated carbocycles. The maximum absolute atomic E-state index is 4.72. The first-order chi connectivity index (χ1) is 12.3. The second kappa shape index (κ2) is 6.61. The smallest absolute Gasteiger partial charge is 0.0977 e. The Morgan fingerprint density at radius 2 is 1.48 bits per heavy atom. The first-order valence-corrected chi connectivity index (χ1v) is 8.21. The lowest BCUT2D eigenvalue weighted by atomic mass is 10.0. The highest BCUT2D eigenvalue weighted by molar-refractivity contribution is 6.13. The van der Waals surface area contributed by atoms with Gasteiger partial charge < -0.3 is 0 Å². The van der Waals surface area contributed by atoms with Crippen molar-refractivity contribution < 1.29 is 0 Å². The molecule has 0 bridgehead atoms. The van der Waals surface area contributed by atoms with E-state index in [-0.39, 0.29) is 0 Å². The van der Waals surface area contributed by atoms with Gasteiger partial charge in [0.15, 0.2) is 0 Å². The number of hydrazone groups is 1. The number of fused-ring (bicyclic) bond motifs is 1. The zero-order valence-electron chi connectivity index (χ0n) is 13.9. The Bertz CT molecular complexity index is 976. The van der Waals surface area contributed by atoms with Gasteiger partial charge in [0.05, 0.1) is 23.1 Å². The van der Waals surface area contributed by atoms with Gasteiger partial charge >= 0.3 is 0 Å². The summed E-state index contributed by atoms with van der Waals surface area (Å²) < 4.78 is 1.91. The van der Waals surface area contributed by atoms with Crippen LogP contribution in [0.3, 0.4) is 0 Å². The summed E-state index contributed by atoms with van der Waals surface area (Å²) in [5.74, 6) is 0. The molecular formula is C21H18N4. The highest BCUT2D eigenvalue weighted by atomic mass is 15.3. The van der Waals surface area contributed by atoms with E-state index in [4.69, 9.17) is 5.10 Å². The monoisotopic (exact) mass is 326 g/mol. The molecule has 2 aromatic heterocycles. The number of aromatic nitrogens is 2. The minimum atomic E-state index is 0.902. The standard InChI is InChI=1S/C21H18N4/c1-16-12-13-19(20-14-15-22-25(16)20)23-24-21(17-8-4-2-5-9-17)18-10-6-3-7-11-18/h2-15,23H,1H3. The summed E-state index contributed by atoms with van der Waals surface area (Å²) in [6.07, 6.45) is 1.80. The van der Waals surface area contributed by atoms with Gasteiger partial charge in [0.2, 0.25) is 0 Å². The normalized spacial score (nSPS) is 10.6. The number of rotatable bonds is 4. The molecule has 2 heterocycles. The van der Waals surface area contributed by atoms with E-state index in [2.05, 4.69) is 34.8 Å². The zero-order valence-corrected chi connectivity index (χ0v) is 13.9. The molecule has 1 N–H and O–H groups in total. The average Bonchev–Trinajstić information content (AvgIpc) is 3.16. The van der Waals surface area contributed by atoms with Gasteiger partial charge in [-0.15, -0.1) is 0 Å². The third-order valence-corrected chi connectivity index (χ3v) is 4.13. The fraction of sp³-hybridized carbons (Fsp3) is 0.0476. The lowest BCUT2D eigenvalue weighted by Gasteiger charge is -2.10. The maximum atomic E-state index is 4.72. The van der Waals surface area contributed by atoms with Crippen LogP contribution in [0.1, 0.15) is 16.8 Å². The Morgan fingerprint density at radius 3 is 2.12 bits per heavy atom. The lowest BCUT2D eigenvalue weighted by Crippen LogP contribution is -2.07. The average molecular weight is 326 g/mol. The molecule has 0 radical (unpaired) electrons. The molecule has 2 aromatic carbocycles. The molecule has 0 fully saturated rings. The van der Waals surface area contributed by atoms with Crippen molar-refractivity contribution in [1.29, 1.82) is 0 Å². The summed E-state index contributed by atoms with van der Waals surface area (Å²) in [6, 6.07) is 26.4. The van der Waals surface area contributed by atoms with E-state index in [0.717, 1.165) is 33.7 Å². The highest BCUT2D eigenvalue weighted by Crippen LogP contribution is 2.19. The Hall–Kier alpha value is -3.40. The van der Waals surface area contributed by atoms with Crippen LogP contribution in [0.15, 0.2) is 90.2 Å². The van der Waals surface area contributed by atoms with E-state index in [9.17, 15) is 0 Å². The van der Waals surface area contributed by atoms with Crippen LogP contribution in [0, 0.1) is 6.92 Å². The molecule has 4 heteroatoms. The lowest BCUT2D eigenvalue weighted by molar-refractivity contribution is 0.914. The van der Waals surface area contributed by atoms with Gasteiger partial charge in [-0.3, -0.25) is 5.43 Å². The van der Waals surface area contributed by atoms with E-state index in [0.29, 0.717) is 0 Å². The Morgan fingerprint density at radius 1 is 0.840 bits per heavy atom. The van der Waals surface area contributed by atoms with Crippen molar-refractivity contribution in [3.63, 3.8) is 0 Å². The van der Waals surface area contributed by atoms with Crippen LogP contribution in [-0.2, 0) is 0 Å². The quantitative estimate of drug-likeness (QED) is 0.443. The molecule has 0 amide bonds. The number of pyridine rings is 1. The summed E-state index contributed by atoms with van der Waals surface area (Å²) in [4.78, 5) is 0. The minimum absolute atomic E-state index is 0.902. The number of hydrogen-bond acceptors (Lipinski definition) is 3. The van der Waals surface area contributed by atoms with Crippen molar-refractivity contribution in [1.82, 2.24) is 9.61 Å². The van der Waals surface area contributed by atoms with Gasteiger partial charge in [-0.2, -0.15) is 10.2 Å². The molecule has 4 nitrogen and oxygen atoms in total. The van der Waals surface area contributed by atoms with E-state index in [1.54, 1.807) is 6.20 Å². The molecule has 0 aliphatic carbocycles. The SMILES string of the molecule is Cc1ccc(NN=C(c2ccccc2)c2ccccc2)c2ccnn12. The fourth-order valence-electron chi connectivity index (χ4n) is 2.85. The third-order valence-electron chi connectivity index (χ3n) is 4.13. The number of benzene rings is 2. The van der Waals surface area contributed by atoms with Gasteiger partial charge in [0.1, 0.15) is 0 Å². The summed E-state index contributed by atoms with van der Waals surface area (Å²) in [6.45, 7) is 2.03. The number of hydrogen-bond donors (Lipinski definition) is 1. The molecular weight excluding hydrogens is 308 g/mol. The number of nitrogens with zero attached hydrogens (tertiary/aromatic N) is 3. The minimum Gasteiger partial charge on any atom is -0.276 e. The van der Waals surface area contributed by atoms with Crippen molar-refractivity contribution in [2.75, 3.05) is 5.43 Å².